The van der Waals surface area contributed by atoms with E-state index in [9.17, 15) is 4.79 Å². The molecule has 0 spiro atoms. The van der Waals surface area contributed by atoms with Crippen molar-refractivity contribution >= 4 is 5.91 Å². The van der Waals surface area contributed by atoms with E-state index < -0.39 is 0 Å². The largest absolute Gasteiger partial charge is 0.497 e. The molecule has 1 aliphatic heterocycles. The summed E-state index contributed by atoms with van der Waals surface area (Å²) in [6.07, 6.45) is -0.0578. The Balaban J connectivity index is 2.27. The molecular weight excluding hydrogens is 204 g/mol. The van der Waals surface area contributed by atoms with Gasteiger partial charge in [-0.05, 0) is 24.6 Å². The zero-order valence-corrected chi connectivity index (χ0v) is 9.73. The lowest BCUT2D eigenvalue weighted by Gasteiger charge is -2.20. The average Bonchev–Trinajstić information content (AvgIpc) is 2.57. The normalized spacial score (nSPS) is 24.9. The van der Waals surface area contributed by atoms with Crippen LogP contribution >= 0.6 is 0 Å². The first-order valence-electron chi connectivity index (χ1n) is 5.30. The van der Waals surface area contributed by atoms with Crippen molar-refractivity contribution in [3.05, 3.63) is 29.8 Å². The maximum atomic E-state index is 11.7. The first kappa shape index (κ1) is 11.0. The predicted molar refractivity (Wildman–Crippen MR) is 61.1 cm³/mol. The van der Waals surface area contributed by atoms with E-state index in [1.165, 1.54) is 0 Å². The monoisotopic (exact) mass is 220 g/mol. The Hall–Kier alpha value is -1.55. The number of benzene rings is 1. The highest BCUT2D eigenvalue weighted by molar-refractivity contribution is 5.83. The van der Waals surface area contributed by atoms with Gasteiger partial charge in [-0.25, -0.2) is 0 Å². The summed E-state index contributed by atoms with van der Waals surface area (Å²) in [6.45, 7) is 1.87. The molecule has 0 saturated carbocycles. The molecule has 1 heterocycles. The highest BCUT2D eigenvalue weighted by Crippen LogP contribution is 2.25. The van der Waals surface area contributed by atoms with Crippen LogP contribution in [-0.4, -0.2) is 31.0 Å². The minimum atomic E-state index is -0.124. The number of nitrogens with one attached hydrogen (secondary N) is 1. The molecule has 0 aliphatic carbocycles. The number of nitrogens with zero attached hydrogens (tertiary/aromatic N) is 1. The van der Waals surface area contributed by atoms with Crippen LogP contribution in [0.2, 0.25) is 0 Å². The van der Waals surface area contributed by atoms with Crippen molar-refractivity contribution in [2.45, 2.75) is 19.1 Å². The molecular formula is C12H16N2O2. The molecule has 2 atom stereocenters. The van der Waals surface area contributed by atoms with Crippen molar-refractivity contribution < 1.29 is 9.53 Å². The third kappa shape index (κ3) is 1.76. The van der Waals surface area contributed by atoms with Crippen LogP contribution < -0.4 is 10.1 Å². The van der Waals surface area contributed by atoms with E-state index in [0.717, 1.165) is 11.3 Å². The number of hydrogen-bond acceptors (Lipinski definition) is 3. The lowest BCUT2D eigenvalue weighted by Crippen LogP contribution is -2.25. The Morgan fingerprint density at radius 3 is 2.75 bits per heavy atom. The highest BCUT2D eigenvalue weighted by Gasteiger charge is 2.34. The van der Waals surface area contributed by atoms with E-state index in [4.69, 9.17) is 4.74 Å². The fourth-order valence-electron chi connectivity index (χ4n) is 1.98. The fraction of sp³-hybridized carbons (Fsp3) is 0.417. The molecule has 4 heteroatoms. The van der Waals surface area contributed by atoms with E-state index in [1.54, 1.807) is 12.0 Å². The van der Waals surface area contributed by atoms with Gasteiger partial charge in [0.1, 0.15) is 11.9 Å². The van der Waals surface area contributed by atoms with E-state index in [1.807, 2.05) is 38.2 Å². The van der Waals surface area contributed by atoms with Gasteiger partial charge in [0.05, 0.1) is 13.2 Å². The quantitative estimate of drug-likeness (QED) is 0.812. The smallest absolute Gasteiger partial charge is 0.240 e. The summed E-state index contributed by atoms with van der Waals surface area (Å²) < 4.78 is 5.17. The maximum Gasteiger partial charge on any atom is 0.240 e. The minimum Gasteiger partial charge on any atom is -0.497 e. The molecule has 0 radical (unpaired) electrons. The Kier molecular flexibility index (Phi) is 2.83. The number of likely N-dealkylation sites (N-methyl/N-ethyl adjacent to an activating group) is 1. The van der Waals surface area contributed by atoms with Gasteiger partial charge in [0, 0.05) is 7.05 Å². The number of rotatable bonds is 2. The van der Waals surface area contributed by atoms with Gasteiger partial charge in [0.25, 0.3) is 0 Å². The van der Waals surface area contributed by atoms with Gasteiger partial charge < -0.3 is 9.64 Å². The number of amides is 1. The zero-order valence-electron chi connectivity index (χ0n) is 9.73. The fourth-order valence-corrected chi connectivity index (χ4v) is 1.98. The van der Waals surface area contributed by atoms with Crippen LogP contribution in [0, 0.1) is 0 Å². The molecule has 1 aromatic carbocycles. The van der Waals surface area contributed by atoms with Crippen LogP contribution in [0.5, 0.6) is 5.75 Å². The van der Waals surface area contributed by atoms with Crippen molar-refractivity contribution in [2.24, 2.45) is 0 Å². The number of hydrogen-bond donors (Lipinski definition) is 1. The summed E-state index contributed by atoms with van der Waals surface area (Å²) in [5, 5.41) is 3.24. The van der Waals surface area contributed by atoms with Gasteiger partial charge in [0.2, 0.25) is 5.91 Å². The van der Waals surface area contributed by atoms with Crippen molar-refractivity contribution in [1.82, 2.24) is 10.2 Å². The summed E-state index contributed by atoms with van der Waals surface area (Å²) >= 11 is 0. The summed E-state index contributed by atoms with van der Waals surface area (Å²) in [5.74, 6) is 0.924. The molecule has 4 nitrogen and oxygen atoms in total. The number of ether oxygens (including phenoxy) is 1. The first-order chi connectivity index (χ1) is 7.63. The Labute approximate surface area is 95.2 Å². The van der Waals surface area contributed by atoms with Crippen LogP contribution in [0.4, 0.5) is 0 Å². The first-order valence-corrected chi connectivity index (χ1v) is 5.30. The second-order valence-corrected chi connectivity index (χ2v) is 4.02. The highest BCUT2D eigenvalue weighted by atomic mass is 16.5. The molecule has 0 aromatic heterocycles. The molecule has 1 fully saturated rings. The summed E-state index contributed by atoms with van der Waals surface area (Å²) in [6, 6.07) is 7.63. The van der Waals surface area contributed by atoms with E-state index in [0.29, 0.717) is 0 Å². The SMILES string of the molecule is COc1cccc(C2NC(C)C(=O)N2C)c1. The van der Waals surface area contributed by atoms with Gasteiger partial charge in [0.15, 0.2) is 0 Å². The molecule has 16 heavy (non-hydrogen) atoms. The topological polar surface area (TPSA) is 41.6 Å². The van der Waals surface area contributed by atoms with Crippen LogP contribution in [0.1, 0.15) is 18.7 Å². The number of methoxy groups -OCH3 is 1. The lowest BCUT2D eigenvalue weighted by molar-refractivity contribution is -0.128. The minimum absolute atomic E-state index is 0.0578. The zero-order chi connectivity index (χ0) is 11.7. The molecule has 1 N–H and O–H groups in total. The molecule has 2 rings (SSSR count). The third-order valence-corrected chi connectivity index (χ3v) is 2.92. The van der Waals surface area contributed by atoms with E-state index >= 15 is 0 Å². The Morgan fingerprint density at radius 1 is 1.44 bits per heavy atom. The lowest BCUT2D eigenvalue weighted by atomic mass is 10.1. The number of carbonyl (C=O) groups excluding carboxylic acids is 1. The van der Waals surface area contributed by atoms with Crippen LogP contribution in [-0.2, 0) is 4.79 Å². The Bertz CT molecular complexity index is 406. The maximum absolute atomic E-state index is 11.7. The second-order valence-electron chi connectivity index (χ2n) is 4.02. The van der Waals surface area contributed by atoms with Crippen LogP contribution in [0.3, 0.4) is 0 Å². The molecule has 1 aliphatic rings. The average molecular weight is 220 g/mol. The van der Waals surface area contributed by atoms with Crippen molar-refractivity contribution in [1.29, 1.82) is 0 Å². The van der Waals surface area contributed by atoms with Gasteiger partial charge in [-0.2, -0.15) is 0 Å². The predicted octanol–water partition coefficient (Wildman–Crippen LogP) is 1.14. The molecule has 1 saturated heterocycles. The van der Waals surface area contributed by atoms with Crippen LogP contribution in [0.25, 0.3) is 0 Å². The number of carbonyl (C=O) groups is 1. The summed E-state index contributed by atoms with van der Waals surface area (Å²) in [5.41, 5.74) is 1.04. The van der Waals surface area contributed by atoms with Gasteiger partial charge in [-0.15, -0.1) is 0 Å². The second kappa shape index (κ2) is 4.14. The Morgan fingerprint density at radius 2 is 2.19 bits per heavy atom. The van der Waals surface area contributed by atoms with Crippen molar-refractivity contribution in [2.75, 3.05) is 14.2 Å². The molecule has 2 unspecified atom stereocenters. The third-order valence-electron chi connectivity index (χ3n) is 2.92. The van der Waals surface area contributed by atoms with E-state index in [2.05, 4.69) is 5.32 Å². The molecule has 1 aromatic rings. The van der Waals surface area contributed by atoms with Crippen molar-refractivity contribution in [3.63, 3.8) is 0 Å². The van der Waals surface area contributed by atoms with E-state index in [-0.39, 0.29) is 18.1 Å². The van der Waals surface area contributed by atoms with Crippen molar-refractivity contribution in [3.8, 4) is 5.75 Å². The van der Waals surface area contributed by atoms with Gasteiger partial charge in [-0.1, -0.05) is 12.1 Å². The summed E-state index contributed by atoms with van der Waals surface area (Å²) in [7, 11) is 3.45. The molecule has 0 bridgehead atoms. The van der Waals surface area contributed by atoms with Gasteiger partial charge >= 0.3 is 0 Å². The molecule has 1 amide bonds. The molecule has 86 valence electrons. The summed E-state index contributed by atoms with van der Waals surface area (Å²) in [4.78, 5) is 13.4. The van der Waals surface area contributed by atoms with Gasteiger partial charge in [-0.3, -0.25) is 10.1 Å². The standard InChI is InChI=1S/C12H16N2O2/c1-8-12(15)14(2)11(13-8)9-5-4-6-10(7-9)16-3/h4-8,11,13H,1-3H3. The van der Waals surface area contributed by atoms with Crippen LogP contribution in [0.15, 0.2) is 24.3 Å².